The molecule has 2 aliphatic rings. The van der Waals surface area contributed by atoms with Crippen molar-refractivity contribution in [2.24, 2.45) is 17.8 Å². The quantitative estimate of drug-likeness (QED) is 0.449. The Morgan fingerprint density at radius 1 is 0.778 bits per heavy atom. The molecule has 2 aliphatic carbocycles. The molecule has 1 heteroatoms. The lowest BCUT2D eigenvalue weighted by molar-refractivity contribution is 0.178. The Morgan fingerprint density at radius 3 is 1.89 bits per heavy atom. The van der Waals surface area contributed by atoms with Crippen LogP contribution in [0.15, 0.2) is 18.2 Å². The number of hydrogen-bond acceptors (Lipinski definition) is 1. The Morgan fingerprint density at radius 2 is 1.33 bits per heavy atom. The van der Waals surface area contributed by atoms with Gasteiger partial charge in [0.2, 0.25) is 0 Å². The maximum atomic E-state index is 6.26. The summed E-state index contributed by atoms with van der Waals surface area (Å²) < 4.78 is 6.26. The summed E-state index contributed by atoms with van der Waals surface area (Å²) in [7, 11) is 0. The lowest BCUT2D eigenvalue weighted by Crippen LogP contribution is -2.20. The molecule has 0 aromatic heterocycles. The summed E-state index contributed by atoms with van der Waals surface area (Å²) in [6.07, 6.45) is 16.7. The molecule has 0 radical (unpaired) electrons. The Bertz CT molecular complexity index is 547. The molecule has 3 rings (SSSR count). The van der Waals surface area contributed by atoms with Crippen LogP contribution in [-0.2, 0) is 0 Å². The molecule has 2 saturated carbocycles. The third kappa shape index (κ3) is 6.00. The molecular formula is C26H42O. The van der Waals surface area contributed by atoms with E-state index in [9.17, 15) is 0 Å². The van der Waals surface area contributed by atoms with Crippen LogP contribution in [0.5, 0.6) is 5.75 Å². The highest BCUT2D eigenvalue weighted by Gasteiger charge is 2.23. The van der Waals surface area contributed by atoms with Crippen molar-refractivity contribution in [2.75, 3.05) is 6.61 Å². The predicted molar refractivity (Wildman–Crippen MR) is 117 cm³/mol. The zero-order chi connectivity index (χ0) is 19.1. The minimum Gasteiger partial charge on any atom is -0.493 e. The van der Waals surface area contributed by atoms with E-state index >= 15 is 0 Å². The van der Waals surface area contributed by atoms with Crippen LogP contribution in [0.4, 0.5) is 0 Å². The van der Waals surface area contributed by atoms with Gasteiger partial charge >= 0.3 is 0 Å². The van der Waals surface area contributed by atoms with Gasteiger partial charge < -0.3 is 4.74 Å². The molecule has 2 fully saturated rings. The van der Waals surface area contributed by atoms with Crippen molar-refractivity contribution in [1.29, 1.82) is 0 Å². The number of hydrogen-bond donors (Lipinski definition) is 0. The van der Waals surface area contributed by atoms with Crippen molar-refractivity contribution in [1.82, 2.24) is 0 Å². The molecule has 0 bridgehead atoms. The molecule has 0 amide bonds. The standard InChI is InChI=1S/C26H42O/c1-4-6-21-8-10-23(11-9-21)19-27-26-17-16-25(18-20(26)3)24-14-12-22(7-5-2)13-15-24/h16-18,21-24H,4-15,19H2,1-3H3. The van der Waals surface area contributed by atoms with Gasteiger partial charge in [0.15, 0.2) is 0 Å². The first-order valence-corrected chi connectivity index (χ1v) is 11.9. The fourth-order valence-corrected chi connectivity index (χ4v) is 5.58. The van der Waals surface area contributed by atoms with Gasteiger partial charge in [-0.05, 0) is 86.3 Å². The summed E-state index contributed by atoms with van der Waals surface area (Å²) in [5.41, 5.74) is 2.89. The highest BCUT2D eigenvalue weighted by atomic mass is 16.5. The van der Waals surface area contributed by atoms with Gasteiger partial charge in [-0.3, -0.25) is 0 Å². The van der Waals surface area contributed by atoms with E-state index < -0.39 is 0 Å². The van der Waals surface area contributed by atoms with Gasteiger partial charge in [0, 0.05) is 0 Å². The highest BCUT2D eigenvalue weighted by Crippen LogP contribution is 2.39. The second-order valence-electron chi connectivity index (χ2n) is 9.52. The van der Waals surface area contributed by atoms with Crippen molar-refractivity contribution in [2.45, 2.75) is 104 Å². The molecule has 0 N–H and O–H groups in total. The van der Waals surface area contributed by atoms with Gasteiger partial charge in [-0.2, -0.15) is 0 Å². The average molecular weight is 371 g/mol. The topological polar surface area (TPSA) is 9.23 Å². The van der Waals surface area contributed by atoms with Crippen LogP contribution in [0, 0.1) is 24.7 Å². The molecule has 0 saturated heterocycles. The zero-order valence-electron chi connectivity index (χ0n) is 18.1. The van der Waals surface area contributed by atoms with E-state index in [-0.39, 0.29) is 0 Å². The van der Waals surface area contributed by atoms with E-state index in [0.717, 1.165) is 36.0 Å². The Labute approximate surface area is 168 Å². The minimum absolute atomic E-state index is 0.769. The number of aryl methyl sites for hydroxylation is 1. The maximum absolute atomic E-state index is 6.26. The van der Waals surface area contributed by atoms with Crippen LogP contribution in [0.3, 0.4) is 0 Å². The van der Waals surface area contributed by atoms with Crippen LogP contribution in [0.2, 0.25) is 0 Å². The average Bonchev–Trinajstić information content (AvgIpc) is 2.69. The van der Waals surface area contributed by atoms with Crippen molar-refractivity contribution in [3.8, 4) is 5.75 Å². The second-order valence-corrected chi connectivity index (χ2v) is 9.52. The predicted octanol–water partition coefficient (Wildman–Crippen LogP) is 8.05. The molecular weight excluding hydrogens is 328 g/mol. The van der Waals surface area contributed by atoms with Crippen molar-refractivity contribution in [3.05, 3.63) is 29.3 Å². The molecule has 0 unspecified atom stereocenters. The molecule has 0 atom stereocenters. The van der Waals surface area contributed by atoms with E-state index in [1.807, 2.05) is 0 Å². The monoisotopic (exact) mass is 370 g/mol. The second kappa shape index (κ2) is 10.5. The third-order valence-electron chi connectivity index (χ3n) is 7.35. The van der Waals surface area contributed by atoms with Crippen LogP contribution in [0.25, 0.3) is 0 Å². The van der Waals surface area contributed by atoms with Crippen molar-refractivity contribution in [3.63, 3.8) is 0 Å². The molecule has 152 valence electrons. The SMILES string of the molecule is CCCC1CCC(COc2ccc(C3CCC(CCC)CC3)cc2C)CC1. The molecule has 0 spiro atoms. The minimum atomic E-state index is 0.769. The molecule has 1 nitrogen and oxygen atoms in total. The van der Waals surface area contributed by atoms with Crippen LogP contribution >= 0.6 is 0 Å². The fourth-order valence-electron chi connectivity index (χ4n) is 5.58. The zero-order valence-corrected chi connectivity index (χ0v) is 18.1. The summed E-state index contributed by atoms with van der Waals surface area (Å²) in [6.45, 7) is 7.80. The largest absolute Gasteiger partial charge is 0.493 e. The normalized spacial score (nSPS) is 28.9. The van der Waals surface area contributed by atoms with E-state index in [1.54, 1.807) is 5.56 Å². The van der Waals surface area contributed by atoms with Crippen molar-refractivity contribution >= 4 is 0 Å². The van der Waals surface area contributed by atoms with Crippen LogP contribution in [0.1, 0.15) is 108 Å². The molecule has 0 heterocycles. The van der Waals surface area contributed by atoms with Crippen molar-refractivity contribution < 1.29 is 4.74 Å². The molecule has 27 heavy (non-hydrogen) atoms. The van der Waals surface area contributed by atoms with Gasteiger partial charge in [-0.1, -0.05) is 64.5 Å². The van der Waals surface area contributed by atoms with Crippen LogP contribution in [-0.4, -0.2) is 6.61 Å². The fraction of sp³-hybridized carbons (Fsp3) is 0.769. The lowest BCUT2D eigenvalue weighted by Gasteiger charge is -2.29. The lowest BCUT2D eigenvalue weighted by atomic mass is 9.77. The first-order chi connectivity index (χ1) is 13.2. The number of ether oxygens (including phenoxy) is 1. The van der Waals surface area contributed by atoms with Crippen LogP contribution < -0.4 is 4.74 Å². The van der Waals surface area contributed by atoms with Gasteiger partial charge in [0.05, 0.1) is 6.61 Å². The summed E-state index contributed by atoms with van der Waals surface area (Å²) in [4.78, 5) is 0. The number of benzene rings is 1. The van der Waals surface area contributed by atoms with E-state index in [1.165, 1.54) is 82.6 Å². The molecule has 0 aliphatic heterocycles. The Kier molecular flexibility index (Phi) is 8.09. The Hall–Kier alpha value is -0.980. The van der Waals surface area contributed by atoms with E-state index in [2.05, 4.69) is 39.0 Å². The summed E-state index contributed by atoms with van der Waals surface area (Å²) >= 11 is 0. The van der Waals surface area contributed by atoms with Gasteiger partial charge in [0.1, 0.15) is 5.75 Å². The van der Waals surface area contributed by atoms with Gasteiger partial charge in [-0.15, -0.1) is 0 Å². The molecule has 1 aromatic carbocycles. The summed E-state index contributed by atoms with van der Waals surface area (Å²) in [6, 6.07) is 7.02. The highest BCUT2D eigenvalue weighted by molar-refractivity contribution is 5.37. The van der Waals surface area contributed by atoms with Gasteiger partial charge in [-0.25, -0.2) is 0 Å². The number of rotatable bonds is 8. The van der Waals surface area contributed by atoms with E-state index in [0.29, 0.717) is 0 Å². The van der Waals surface area contributed by atoms with Gasteiger partial charge in [0.25, 0.3) is 0 Å². The summed E-state index contributed by atoms with van der Waals surface area (Å²) in [5.74, 6) is 4.64. The Balaban J connectivity index is 1.46. The smallest absolute Gasteiger partial charge is 0.122 e. The first-order valence-electron chi connectivity index (χ1n) is 11.9. The third-order valence-corrected chi connectivity index (χ3v) is 7.35. The summed E-state index contributed by atoms with van der Waals surface area (Å²) in [5, 5.41) is 0. The van der Waals surface area contributed by atoms with E-state index in [4.69, 9.17) is 4.74 Å². The molecule has 1 aromatic rings. The maximum Gasteiger partial charge on any atom is 0.122 e. The first kappa shape index (κ1) is 20.7.